The Bertz CT molecular complexity index is 240. The molecular weight excluding hydrogens is 190 g/mol. The molecule has 0 unspecified atom stereocenters. The third-order valence-corrected chi connectivity index (χ3v) is 2.62. The zero-order chi connectivity index (χ0) is 11.3. The van der Waals surface area contributed by atoms with Crippen molar-refractivity contribution < 1.29 is 9.53 Å². The van der Waals surface area contributed by atoms with Crippen LogP contribution in [0.2, 0.25) is 0 Å². The van der Waals surface area contributed by atoms with Crippen LogP contribution in [0.1, 0.15) is 33.6 Å². The van der Waals surface area contributed by atoms with Gasteiger partial charge in [0.1, 0.15) is 0 Å². The van der Waals surface area contributed by atoms with Crippen LogP contribution in [0.15, 0.2) is 11.8 Å². The Labute approximate surface area is 92.1 Å². The predicted molar refractivity (Wildman–Crippen MR) is 60.4 cm³/mol. The molecule has 0 aliphatic carbocycles. The molecule has 0 spiro atoms. The van der Waals surface area contributed by atoms with E-state index in [9.17, 15) is 4.79 Å². The fourth-order valence-corrected chi connectivity index (χ4v) is 1.90. The SMILES string of the molecule is CCOC(=O)/C=C(\C(C)C)N1CCCC1. The smallest absolute Gasteiger partial charge is 0.332 e. The molecule has 3 heteroatoms. The summed E-state index contributed by atoms with van der Waals surface area (Å²) in [6, 6.07) is 0. The molecule has 86 valence electrons. The van der Waals surface area contributed by atoms with Crippen molar-refractivity contribution in [2.45, 2.75) is 33.6 Å². The van der Waals surface area contributed by atoms with E-state index in [0.29, 0.717) is 12.5 Å². The lowest BCUT2D eigenvalue weighted by Crippen LogP contribution is -2.23. The van der Waals surface area contributed by atoms with Crippen molar-refractivity contribution in [3.8, 4) is 0 Å². The Hall–Kier alpha value is -0.990. The zero-order valence-electron chi connectivity index (χ0n) is 9.95. The molecule has 1 fully saturated rings. The second-order valence-corrected chi connectivity index (χ2v) is 4.17. The van der Waals surface area contributed by atoms with Gasteiger partial charge in [0, 0.05) is 24.9 Å². The second kappa shape index (κ2) is 5.79. The molecule has 1 aliphatic rings. The van der Waals surface area contributed by atoms with E-state index in [1.165, 1.54) is 12.8 Å². The number of esters is 1. The van der Waals surface area contributed by atoms with Crippen molar-refractivity contribution in [1.82, 2.24) is 4.90 Å². The number of carbonyl (C=O) groups is 1. The summed E-state index contributed by atoms with van der Waals surface area (Å²) in [5.41, 5.74) is 1.12. The van der Waals surface area contributed by atoms with Gasteiger partial charge in [-0.2, -0.15) is 0 Å². The summed E-state index contributed by atoms with van der Waals surface area (Å²) in [6.45, 7) is 8.65. The van der Waals surface area contributed by atoms with Gasteiger partial charge in [-0.25, -0.2) is 4.79 Å². The van der Waals surface area contributed by atoms with Crippen LogP contribution in [0.25, 0.3) is 0 Å². The number of nitrogens with zero attached hydrogens (tertiary/aromatic N) is 1. The first kappa shape index (κ1) is 12.1. The number of rotatable bonds is 4. The molecule has 0 aromatic carbocycles. The molecule has 0 saturated carbocycles. The van der Waals surface area contributed by atoms with Crippen LogP contribution >= 0.6 is 0 Å². The monoisotopic (exact) mass is 211 g/mol. The summed E-state index contributed by atoms with van der Waals surface area (Å²) in [5.74, 6) is 0.167. The average molecular weight is 211 g/mol. The maximum absolute atomic E-state index is 11.4. The highest BCUT2D eigenvalue weighted by atomic mass is 16.5. The lowest BCUT2D eigenvalue weighted by atomic mass is 10.1. The quantitative estimate of drug-likeness (QED) is 0.527. The summed E-state index contributed by atoms with van der Waals surface area (Å²) < 4.78 is 4.94. The van der Waals surface area contributed by atoms with Crippen LogP contribution in [0, 0.1) is 5.92 Å². The van der Waals surface area contributed by atoms with Gasteiger partial charge in [0.15, 0.2) is 0 Å². The number of allylic oxidation sites excluding steroid dienone is 1. The third-order valence-electron chi connectivity index (χ3n) is 2.62. The maximum Gasteiger partial charge on any atom is 0.332 e. The van der Waals surface area contributed by atoms with E-state index in [1.807, 2.05) is 6.92 Å². The van der Waals surface area contributed by atoms with Crippen molar-refractivity contribution in [2.75, 3.05) is 19.7 Å². The molecule has 0 bridgehead atoms. The van der Waals surface area contributed by atoms with E-state index in [2.05, 4.69) is 18.7 Å². The summed E-state index contributed by atoms with van der Waals surface area (Å²) in [7, 11) is 0. The van der Waals surface area contributed by atoms with Crippen molar-refractivity contribution in [2.24, 2.45) is 5.92 Å². The number of hydrogen-bond acceptors (Lipinski definition) is 3. The van der Waals surface area contributed by atoms with Gasteiger partial charge in [0.05, 0.1) is 6.61 Å². The summed E-state index contributed by atoms with van der Waals surface area (Å²) in [6.07, 6.45) is 4.11. The molecule has 1 rings (SSSR count). The molecule has 15 heavy (non-hydrogen) atoms. The normalized spacial score (nSPS) is 17.3. The molecule has 1 saturated heterocycles. The van der Waals surface area contributed by atoms with Gasteiger partial charge in [-0.15, -0.1) is 0 Å². The first-order valence-corrected chi connectivity index (χ1v) is 5.78. The van der Waals surface area contributed by atoms with Gasteiger partial charge < -0.3 is 9.64 Å². The Morgan fingerprint density at radius 3 is 2.47 bits per heavy atom. The van der Waals surface area contributed by atoms with E-state index in [0.717, 1.165) is 18.8 Å². The molecule has 0 radical (unpaired) electrons. The minimum atomic E-state index is -0.215. The van der Waals surface area contributed by atoms with Crippen molar-refractivity contribution in [1.29, 1.82) is 0 Å². The lowest BCUT2D eigenvalue weighted by Gasteiger charge is -2.24. The maximum atomic E-state index is 11.4. The van der Waals surface area contributed by atoms with Crippen LogP contribution in [-0.2, 0) is 9.53 Å². The fourth-order valence-electron chi connectivity index (χ4n) is 1.90. The number of ether oxygens (including phenoxy) is 1. The van der Waals surface area contributed by atoms with E-state index in [1.54, 1.807) is 6.08 Å². The molecule has 0 N–H and O–H groups in total. The minimum absolute atomic E-state index is 0.215. The Morgan fingerprint density at radius 1 is 1.40 bits per heavy atom. The standard InChI is InChI=1S/C12H21NO2/c1-4-15-12(14)9-11(10(2)3)13-7-5-6-8-13/h9-10H,4-8H2,1-3H3/b11-9+. The van der Waals surface area contributed by atoms with Gasteiger partial charge in [-0.05, 0) is 25.7 Å². The Balaban J connectivity index is 2.67. The predicted octanol–water partition coefficient (Wildman–Crippen LogP) is 2.19. The highest BCUT2D eigenvalue weighted by molar-refractivity contribution is 5.82. The van der Waals surface area contributed by atoms with Crippen LogP contribution in [0.3, 0.4) is 0 Å². The van der Waals surface area contributed by atoms with Gasteiger partial charge in [0.2, 0.25) is 0 Å². The molecule has 0 aromatic heterocycles. The first-order valence-electron chi connectivity index (χ1n) is 5.78. The summed E-state index contributed by atoms with van der Waals surface area (Å²) in [4.78, 5) is 13.7. The van der Waals surface area contributed by atoms with Gasteiger partial charge in [-0.3, -0.25) is 0 Å². The average Bonchev–Trinajstić information content (AvgIpc) is 2.66. The molecule has 0 aromatic rings. The molecule has 0 atom stereocenters. The highest BCUT2D eigenvalue weighted by Crippen LogP contribution is 2.20. The molecular formula is C12H21NO2. The fraction of sp³-hybridized carbons (Fsp3) is 0.750. The molecule has 1 heterocycles. The van der Waals surface area contributed by atoms with Crippen LogP contribution in [-0.4, -0.2) is 30.6 Å². The summed E-state index contributed by atoms with van der Waals surface area (Å²) >= 11 is 0. The minimum Gasteiger partial charge on any atom is -0.463 e. The zero-order valence-corrected chi connectivity index (χ0v) is 9.95. The van der Waals surface area contributed by atoms with E-state index < -0.39 is 0 Å². The first-order chi connectivity index (χ1) is 7.15. The number of hydrogen-bond donors (Lipinski definition) is 0. The molecule has 3 nitrogen and oxygen atoms in total. The number of likely N-dealkylation sites (tertiary alicyclic amines) is 1. The topological polar surface area (TPSA) is 29.5 Å². The lowest BCUT2D eigenvalue weighted by molar-refractivity contribution is -0.137. The van der Waals surface area contributed by atoms with Crippen LogP contribution < -0.4 is 0 Å². The second-order valence-electron chi connectivity index (χ2n) is 4.17. The van der Waals surface area contributed by atoms with Crippen molar-refractivity contribution in [3.63, 3.8) is 0 Å². The van der Waals surface area contributed by atoms with E-state index in [4.69, 9.17) is 4.74 Å². The van der Waals surface area contributed by atoms with Crippen LogP contribution in [0.4, 0.5) is 0 Å². The van der Waals surface area contributed by atoms with Gasteiger partial charge in [0.25, 0.3) is 0 Å². The number of carbonyl (C=O) groups excluding carboxylic acids is 1. The van der Waals surface area contributed by atoms with Crippen molar-refractivity contribution in [3.05, 3.63) is 11.8 Å². The molecule has 0 amide bonds. The van der Waals surface area contributed by atoms with Crippen LogP contribution in [0.5, 0.6) is 0 Å². The van der Waals surface area contributed by atoms with Gasteiger partial charge >= 0.3 is 5.97 Å². The summed E-state index contributed by atoms with van der Waals surface area (Å²) in [5, 5.41) is 0. The Kier molecular flexibility index (Phi) is 4.66. The largest absolute Gasteiger partial charge is 0.463 e. The Morgan fingerprint density at radius 2 is 2.00 bits per heavy atom. The van der Waals surface area contributed by atoms with E-state index >= 15 is 0 Å². The van der Waals surface area contributed by atoms with E-state index in [-0.39, 0.29) is 5.97 Å². The van der Waals surface area contributed by atoms with Crippen molar-refractivity contribution >= 4 is 5.97 Å². The highest BCUT2D eigenvalue weighted by Gasteiger charge is 2.18. The third kappa shape index (κ3) is 3.57. The molecule has 1 aliphatic heterocycles. The van der Waals surface area contributed by atoms with Gasteiger partial charge in [-0.1, -0.05) is 13.8 Å².